The maximum Gasteiger partial charge on any atom is 0.255 e. The zero-order chi connectivity index (χ0) is 20.3. The number of hydrogen-bond donors (Lipinski definition) is 2. The van der Waals surface area contributed by atoms with Gasteiger partial charge in [0.25, 0.3) is 11.8 Å². The highest BCUT2D eigenvalue weighted by Gasteiger charge is 2.18. The molecule has 148 valence electrons. The number of carbonyl (C=O) groups excluding carboxylic acids is 2. The Morgan fingerprint density at radius 1 is 1.04 bits per heavy atom. The Morgan fingerprint density at radius 2 is 1.79 bits per heavy atom. The molecule has 7 heteroatoms. The van der Waals surface area contributed by atoms with Gasteiger partial charge in [-0.05, 0) is 42.3 Å². The van der Waals surface area contributed by atoms with E-state index in [2.05, 4.69) is 10.6 Å². The molecule has 0 fully saturated rings. The lowest BCUT2D eigenvalue weighted by molar-refractivity contribution is 0.0948. The van der Waals surface area contributed by atoms with Gasteiger partial charge in [-0.3, -0.25) is 9.59 Å². The van der Waals surface area contributed by atoms with Crippen molar-refractivity contribution in [2.45, 2.75) is 13.8 Å². The molecule has 3 rings (SSSR count). The summed E-state index contributed by atoms with van der Waals surface area (Å²) >= 11 is 0. The largest absolute Gasteiger partial charge is 0.454 e. The van der Waals surface area contributed by atoms with E-state index < -0.39 is 0 Å². The van der Waals surface area contributed by atoms with Gasteiger partial charge in [0.1, 0.15) is 0 Å². The molecule has 7 nitrogen and oxygen atoms in total. The lowest BCUT2D eigenvalue weighted by atomic mass is 10.1. The Labute approximate surface area is 164 Å². The van der Waals surface area contributed by atoms with Crippen molar-refractivity contribution < 1.29 is 19.1 Å². The van der Waals surface area contributed by atoms with Gasteiger partial charge in [-0.25, -0.2) is 0 Å². The number of carbonyl (C=O) groups is 2. The Kier molecular flexibility index (Phi) is 5.73. The molecule has 2 aromatic carbocycles. The van der Waals surface area contributed by atoms with Crippen LogP contribution in [0.25, 0.3) is 0 Å². The molecule has 0 unspecified atom stereocenters. The van der Waals surface area contributed by atoms with Crippen LogP contribution in [0.4, 0.5) is 11.4 Å². The predicted molar refractivity (Wildman–Crippen MR) is 108 cm³/mol. The number of amides is 2. The van der Waals surface area contributed by atoms with Crippen LogP contribution in [-0.2, 0) is 0 Å². The minimum atomic E-state index is -0.288. The smallest absolute Gasteiger partial charge is 0.255 e. The van der Waals surface area contributed by atoms with Crippen molar-refractivity contribution in [3.8, 4) is 11.5 Å². The monoisotopic (exact) mass is 383 g/mol. The number of benzene rings is 2. The van der Waals surface area contributed by atoms with Crippen molar-refractivity contribution >= 4 is 23.2 Å². The second kappa shape index (κ2) is 8.21. The van der Waals surface area contributed by atoms with Gasteiger partial charge < -0.3 is 25.0 Å². The van der Waals surface area contributed by atoms with Crippen LogP contribution in [0, 0.1) is 5.92 Å². The Balaban J connectivity index is 1.81. The highest BCUT2D eigenvalue weighted by molar-refractivity contribution is 6.06. The molecule has 0 atom stereocenters. The fourth-order valence-electron chi connectivity index (χ4n) is 2.82. The van der Waals surface area contributed by atoms with Crippen LogP contribution in [0.15, 0.2) is 36.4 Å². The van der Waals surface area contributed by atoms with Crippen LogP contribution in [0.2, 0.25) is 0 Å². The van der Waals surface area contributed by atoms with E-state index in [0.717, 1.165) is 5.69 Å². The molecule has 0 aromatic heterocycles. The zero-order valence-corrected chi connectivity index (χ0v) is 16.5. The van der Waals surface area contributed by atoms with Crippen LogP contribution in [0.1, 0.15) is 34.6 Å². The summed E-state index contributed by atoms with van der Waals surface area (Å²) in [5.41, 5.74) is 2.28. The molecule has 0 spiro atoms. The summed E-state index contributed by atoms with van der Waals surface area (Å²) in [6.07, 6.45) is 0. The van der Waals surface area contributed by atoms with Gasteiger partial charge in [0.2, 0.25) is 6.79 Å². The predicted octanol–water partition coefficient (Wildman–Crippen LogP) is 3.12. The molecule has 28 heavy (non-hydrogen) atoms. The molecule has 2 amide bonds. The molecule has 2 aromatic rings. The average molecular weight is 383 g/mol. The van der Waals surface area contributed by atoms with E-state index in [1.807, 2.05) is 38.9 Å². The fraction of sp³-hybridized carbons (Fsp3) is 0.333. The average Bonchev–Trinajstić information content (AvgIpc) is 3.13. The summed E-state index contributed by atoms with van der Waals surface area (Å²) in [5.74, 6) is 1.06. The summed E-state index contributed by atoms with van der Waals surface area (Å²) in [4.78, 5) is 27.1. The van der Waals surface area contributed by atoms with E-state index >= 15 is 0 Å². The topological polar surface area (TPSA) is 79.9 Å². The molecule has 0 radical (unpaired) electrons. The molecule has 0 bridgehead atoms. The number of nitrogens with zero attached hydrogens (tertiary/aromatic N) is 1. The second-order valence-electron chi connectivity index (χ2n) is 7.25. The van der Waals surface area contributed by atoms with Crippen molar-refractivity contribution in [1.29, 1.82) is 0 Å². The number of nitrogens with one attached hydrogen (secondary N) is 2. The van der Waals surface area contributed by atoms with E-state index in [4.69, 9.17) is 9.47 Å². The molecule has 0 saturated carbocycles. The van der Waals surface area contributed by atoms with E-state index in [1.165, 1.54) is 0 Å². The zero-order valence-electron chi connectivity index (χ0n) is 16.5. The van der Waals surface area contributed by atoms with Gasteiger partial charge in [0.15, 0.2) is 11.5 Å². The van der Waals surface area contributed by atoms with E-state index in [9.17, 15) is 9.59 Å². The van der Waals surface area contributed by atoms with Crippen LogP contribution >= 0.6 is 0 Å². The molecule has 0 saturated heterocycles. The molecule has 1 heterocycles. The van der Waals surface area contributed by atoms with Crippen LogP contribution in [0.5, 0.6) is 11.5 Å². The van der Waals surface area contributed by atoms with Gasteiger partial charge in [-0.2, -0.15) is 0 Å². The summed E-state index contributed by atoms with van der Waals surface area (Å²) in [7, 11) is 3.75. The molecular weight excluding hydrogens is 358 g/mol. The van der Waals surface area contributed by atoms with Crippen molar-refractivity contribution in [2.24, 2.45) is 5.92 Å². The summed E-state index contributed by atoms with van der Waals surface area (Å²) in [5, 5.41) is 5.77. The molecule has 1 aliphatic rings. The van der Waals surface area contributed by atoms with Crippen molar-refractivity contribution in [1.82, 2.24) is 5.32 Å². The third-order valence-corrected chi connectivity index (χ3v) is 4.29. The first-order valence-electron chi connectivity index (χ1n) is 9.15. The fourth-order valence-corrected chi connectivity index (χ4v) is 2.82. The van der Waals surface area contributed by atoms with E-state index in [0.29, 0.717) is 40.8 Å². The Morgan fingerprint density at radius 3 is 2.50 bits per heavy atom. The maximum atomic E-state index is 12.6. The third-order valence-electron chi connectivity index (χ3n) is 4.29. The van der Waals surface area contributed by atoms with Crippen LogP contribution < -0.4 is 25.0 Å². The number of anilines is 2. The summed E-state index contributed by atoms with van der Waals surface area (Å²) in [6.45, 7) is 4.81. The lowest BCUT2D eigenvalue weighted by Gasteiger charge is -2.19. The molecule has 0 aliphatic carbocycles. The third kappa shape index (κ3) is 4.36. The number of ether oxygens (including phenoxy) is 2. The number of fused-ring (bicyclic) bond motifs is 1. The van der Waals surface area contributed by atoms with Crippen molar-refractivity contribution in [2.75, 3.05) is 37.6 Å². The minimum absolute atomic E-state index is 0.154. The first-order chi connectivity index (χ1) is 13.3. The highest BCUT2D eigenvalue weighted by atomic mass is 16.7. The number of hydrogen-bond acceptors (Lipinski definition) is 5. The summed E-state index contributed by atoms with van der Waals surface area (Å²) in [6, 6.07) is 10.3. The van der Waals surface area contributed by atoms with Crippen molar-refractivity contribution in [3.63, 3.8) is 0 Å². The van der Waals surface area contributed by atoms with Crippen LogP contribution in [0.3, 0.4) is 0 Å². The first-order valence-corrected chi connectivity index (χ1v) is 9.15. The molecular formula is C21H25N3O4. The minimum Gasteiger partial charge on any atom is -0.454 e. The SMILES string of the molecule is CC(C)CNC(=O)c1cc(NC(=O)c2ccc3c(c2)OCO3)ccc1N(C)C. The van der Waals surface area contributed by atoms with E-state index in [-0.39, 0.29) is 18.6 Å². The van der Waals surface area contributed by atoms with Gasteiger partial charge in [0.05, 0.1) is 5.56 Å². The standard InChI is InChI=1S/C21H25N3O4/c1-13(2)11-22-21(26)16-10-15(6-7-17(16)24(3)4)23-20(25)14-5-8-18-19(9-14)28-12-27-18/h5-10,13H,11-12H2,1-4H3,(H,22,26)(H,23,25). The quantitative estimate of drug-likeness (QED) is 0.801. The Bertz CT molecular complexity index is 893. The maximum absolute atomic E-state index is 12.6. The van der Waals surface area contributed by atoms with Crippen LogP contribution in [-0.4, -0.2) is 39.2 Å². The first kappa shape index (κ1) is 19.5. The van der Waals surface area contributed by atoms with E-state index in [1.54, 1.807) is 30.3 Å². The van der Waals surface area contributed by atoms with Crippen molar-refractivity contribution in [3.05, 3.63) is 47.5 Å². The normalized spacial score (nSPS) is 12.0. The molecule has 2 N–H and O–H groups in total. The van der Waals surface area contributed by atoms with Gasteiger partial charge in [0, 0.05) is 37.6 Å². The van der Waals surface area contributed by atoms with Gasteiger partial charge in [-0.15, -0.1) is 0 Å². The second-order valence-corrected chi connectivity index (χ2v) is 7.25. The summed E-state index contributed by atoms with van der Waals surface area (Å²) < 4.78 is 10.6. The lowest BCUT2D eigenvalue weighted by Crippen LogP contribution is -2.29. The number of rotatable bonds is 6. The molecule has 1 aliphatic heterocycles. The van der Waals surface area contributed by atoms with Gasteiger partial charge >= 0.3 is 0 Å². The highest BCUT2D eigenvalue weighted by Crippen LogP contribution is 2.32. The van der Waals surface area contributed by atoms with Gasteiger partial charge in [-0.1, -0.05) is 13.8 Å². The Hall–Kier alpha value is -3.22.